The van der Waals surface area contributed by atoms with E-state index in [9.17, 15) is 4.79 Å². The smallest absolute Gasteiger partial charge is 0.172 e. The van der Waals surface area contributed by atoms with Crippen LogP contribution < -0.4 is 4.74 Å². The molecule has 0 atom stereocenters. The summed E-state index contributed by atoms with van der Waals surface area (Å²) in [6.07, 6.45) is 2.19. The molecule has 0 aliphatic heterocycles. The lowest BCUT2D eigenvalue weighted by Gasteiger charge is -2.10. The van der Waals surface area contributed by atoms with Gasteiger partial charge < -0.3 is 9.15 Å². The van der Waals surface area contributed by atoms with Gasteiger partial charge in [0, 0.05) is 0 Å². The number of ether oxygens (including phenoxy) is 1. The lowest BCUT2D eigenvalue weighted by atomic mass is 10.2. The van der Waals surface area contributed by atoms with Crippen LogP contribution in [0.4, 0.5) is 0 Å². The predicted octanol–water partition coefficient (Wildman–Crippen LogP) is 2.66. The summed E-state index contributed by atoms with van der Waals surface area (Å²) in [7, 11) is 1.58. The van der Waals surface area contributed by atoms with Crippen LogP contribution in [0.3, 0.4) is 0 Å². The van der Waals surface area contributed by atoms with Gasteiger partial charge in [-0.3, -0.25) is 4.79 Å². The summed E-state index contributed by atoms with van der Waals surface area (Å²) >= 11 is 0. The van der Waals surface area contributed by atoms with E-state index in [1.807, 2.05) is 25.1 Å². The van der Waals surface area contributed by atoms with Gasteiger partial charge in [0.15, 0.2) is 17.7 Å². The van der Waals surface area contributed by atoms with Crippen LogP contribution in [0.15, 0.2) is 41.0 Å². The van der Waals surface area contributed by atoms with E-state index >= 15 is 0 Å². The standard InChI is InChI=1S/C15H13N3O3/c1-10-5-6-13(20-2)12(8-10)18-15(11(9-19)16-17-18)14-4-3-7-21-14/h3-9H,1-2H3. The topological polar surface area (TPSA) is 70.2 Å². The highest BCUT2D eigenvalue weighted by Crippen LogP contribution is 2.30. The predicted molar refractivity (Wildman–Crippen MR) is 75.7 cm³/mol. The van der Waals surface area contributed by atoms with Gasteiger partial charge in [-0.05, 0) is 36.8 Å². The monoisotopic (exact) mass is 283 g/mol. The maximum Gasteiger partial charge on any atom is 0.172 e. The van der Waals surface area contributed by atoms with Crippen molar-refractivity contribution >= 4 is 6.29 Å². The molecule has 0 fully saturated rings. The van der Waals surface area contributed by atoms with Crippen molar-refractivity contribution in [2.75, 3.05) is 7.11 Å². The first-order chi connectivity index (χ1) is 10.2. The molecule has 0 N–H and O–H groups in total. The van der Waals surface area contributed by atoms with E-state index in [4.69, 9.17) is 9.15 Å². The van der Waals surface area contributed by atoms with Crippen LogP contribution in [0.1, 0.15) is 16.1 Å². The Labute approximate surface area is 121 Å². The number of carbonyl (C=O) groups is 1. The van der Waals surface area contributed by atoms with Crippen molar-refractivity contribution in [2.45, 2.75) is 6.92 Å². The zero-order chi connectivity index (χ0) is 14.8. The van der Waals surface area contributed by atoms with Crippen molar-refractivity contribution in [2.24, 2.45) is 0 Å². The lowest BCUT2D eigenvalue weighted by Crippen LogP contribution is -2.03. The fourth-order valence-corrected chi connectivity index (χ4v) is 2.15. The van der Waals surface area contributed by atoms with Crippen LogP contribution in [-0.4, -0.2) is 28.4 Å². The van der Waals surface area contributed by atoms with Gasteiger partial charge in [0.25, 0.3) is 0 Å². The number of hydrogen-bond acceptors (Lipinski definition) is 5. The van der Waals surface area contributed by atoms with Crippen molar-refractivity contribution in [1.29, 1.82) is 0 Å². The second-order valence-corrected chi connectivity index (χ2v) is 4.51. The van der Waals surface area contributed by atoms with E-state index in [2.05, 4.69) is 10.3 Å². The summed E-state index contributed by atoms with van der Waals surface area (Å²) in [6, 6.07) is 9.19. The Kier molecular flexibility index (Phi) is 3.27. The fourth-order valence-electron chi connectivity index (χ4n) is 2.15. The second kappa shape index (κ2) is 5.24. The van der Waals surface area contributed by atoms with Crippen LogP contribution in [0.25, 0.3) is 17.1 Å². The highest BCUT2D eigenvalue weighted by molar-refractivity contribution is 5.82. The van der Waals surface area contributed by atoms with Gasteiger partial charge in [-0.15, -0.1) is 5.10 Å². The quantitative estimate of drug-likeness (QED) is 0.688. The van der Waals surface area contributed by atoms with E-state index in [0.717, 1.165) is 5.56 Å². The molecule has 1 aromatic carbocycles. The summed E-state index contributed by atoms with van der Waals surface area (Å²) in [6.45, 7) is 1.97. The molecule has 3 rings (SSSR count). The average Bonchev–Trinajstić information content (AvgIpc) is 3.15. The van der Waals surface area contributed by atoms with Crippen molar-refractivity contribution in [3.05, 3.63) is 47.9 Å². The van der Waals surface area contributed by atoms with Gasteiger partial charge >= 0.3 is 0 Å². The molecule has 0 saturated heterocycles. The molecule has 0 amide bonds. The average molecular weight is 283 g/mol. The van der Waals surface area contributed by atoms with Crippen molar-refractivity contribution in [3.63, 3.8) is 0 Å². The van der Waals surface area contributed by atoms with E-state index in [-0.39, 0.29) is 5.69 Å². The van der Waals surface area contributed by atoms with E-state index in [1.165, 1.54) is 6.26 Å². The largest absolute Gasteiger partial charge is 0.494 e. The molecule has 0 radical (unpaired) electrons. The van der Waals surface area contributed by atoms with Gasteiger partial charge in [0.2, 0.25) is 0 Å². The van der Waals surface area contributed by atoms with Gasteiger partial charge in [-0.25, -0.2) is 4.68 Å². The third-order valence-corrected chi connectivity index (χ3v) is 3.13. The zero-order valence-electron chi connectivity index (χ0n) is 11.6. The fraction of sp³-hybridized carbons (Fsp3) is 0.133. The van der Waals surface area contributed by atoms with Crippen molar-refractivity contribution < 1.29 is 13.9 Å². The molecule has 2 aromatic heterocycles. The molecule has 21 heavy (non-hydrogen) atoms. The third kappa shape index (κ3) is 2.20. The van der Waals surface area contributed by atoms with Crippen molar-refractivity contribution in [3.8, 4) is 22.9 Å². The summed E-state index contributed by atoms with van der Waals surface area (Å²) in [4.78, 5) is 11.2. The van der Waals surface area contributed by atoms with E-state index in [0.29, 0.717) is 29.2 Å². The molecule has 6 nitrogen and oxygen atoms in total. The minimum absolute atomic E-state index is 0.216. The summed E-state index contributed by atoms with van der Waals surface area (Å²) < 4.78 is 12.3. The number of furan rings is 1. The first-order valence-corrected chi connectivity index (χ1v) is 6.34. The molecule has 0 spiro atoms. The molecule has 106 valence electrons. The minimum atomic E-state index is 0.216. The Morgan fingerprint density at radius 3 is 2.86 bits per heavy atom. The third-order valence-electron chi connectivity index (χ3n) is 3.13. The molecule has 0 unspecified atom stereocenters. The number of benzene rings is 1. The Balaban J connectivity index is 2.27. The molecular weight excluding hydrogens is 270 g/mol. The van der Waals surface area contributed by atoms with Gasteiger partial charge in [-0.2, -0.15) is 0 Å². The lowest BCUT2D eigenvalue weighted by molar-refractivity contribution is 0.111. The molecule has 0 aliphatic carbocycles. The summed E-state index contributed by atoms with van der Waals surface area (Å²) in [5.74, 6) is 1.15. The van der Waals surface area contributed by atoms with Crippen LogP contribution in [0.5, 0.6) is 5.75 Å². The number of methoxy groups -OCH3 is 1. The Morgan fingerprint density at radius 2 is 2.19 bits per heavy atom. The van der Waals surface area contributed by atoms with Crippen molar-refractivity contribution in [1.82, 2.24) is 15.0 Å². The highest BCUT2D eigenvalue weighted by atomic mass is 16.5. The first kappa shape index (κ1) is 13.1. The Bertz CT molecular complexity index is 776. The molecule has 0 saturated carbocycles. The number of hydrogen-bond donors (Lipinski definition) is 0. The van der Waals surface area contributed by atoms with Gasteiger partial charge in [-0.1, -0.05) is 11.3 Å². The van der Waals surface area contributed by atoms with Crippen LogP contribution in [-0.2, 0) is 0 Å². The Hall–Kier alpha value is -2.89. The normalized spacial score (nSPS) is 10.6. The van der Waals surface area contributed by atoms with Crippen LogP contribution in [0, 0.1) is 6.92 Å². The van der Waals surface area contributed by atoms with Crippen LogP contribution >= 0.6 is 0 Å². The number of aromatic nitrogens is 3. The van der Waals surface area contributed by atoms with Gasteiger partial charge in [0.05, 0.1) is 13.4 Å². The van der Waals surface area contributed by atoms with Gasteiger partial charge in [0.1, 0.15) is 17.1 Å². The number of nitrogens with zero attached hydrogens (tertiary/aromatic N) is 3. The highest BCUT2D eigenvalue weighted by Gasteiger charge is 2.20. The number of aryl methyl sites for hydroxylation is 1. The number of rotatable bonds is 4. The number of aldehydes is 1. The SMILES string of the molecule is COc1ccc(C)cc1-n1nnc(C=O)c1-c1ccco1. The van der Waals surface area contributed by atoms with E-state index < -0.39 is 0 Å². The molecule has 0 aliphatic rings. The first-order valence-electron chi connectivity index (χ1n) is 6.34. The molecule has 3 aromatic rings. The summed E-state index contributed by atoms with van der Waals surface area (Å²) in [5, 5.41) is 7.96. The second-order valence-electron chi connectivity index (χ2n) is 4.51. The summed E-state index contributed by atoms with van der Waals surface area (Å²) in [5.41, 5.74) is 2.45. The zero-order valence-corrected chi connectivity index (χ0v) is 11.6. The minimum Gasteiger partial charge on any atom is -0.494 e. The van der Waals surface area contributed by atoms with E-state index in [1.54, 1.807) is 23.9 Å². The van der Waals surface area contributed by atoms with Crippen LogP contribution in [0.2, 0.25) is 0 Å². The maximum absolute atomic E-state index is 11.2. The Morgan fingerprint density at radius 1 is 1.33 bits per heavy atom. The molecular formula is C15H13N3O3. The molecule has 6 heteroatoms. The number of carbonyl (C=O) groups excluding carboxylic acids is 1. The molecule has 2 heterocycles. The maximum atomic E-state index is 11.2. The molecule has 0 bridgehead atoms.